The predicted octanol–water partition coefficient (Wildman–Crippen LogP) is 3.32. The first-order chi connectivity index (χ1) is 9.51. The van der Waals surface area contributed by atoms with Crippen LogP contribution in [-0.2, 0) is 9.53 Å². The van der Waals surface area contributed by atoms with Crippen LogP contribution in [0.4, 0.5) is 0 Å². The standard InChI is InChI=1S/C15H28BNO3.2ClH/c1-3-5-8-15(16,14(18)19)9-12-17-10-6-13(7-11-17)20-4-2;;/h13H,3-12H2,1-2H3,(H,18,19);2*1H. The second-order valence-electron chi connectivity index (χ2n) is 5.81. The van der Waals surface area contributed by atoms with Crippen LogP contribution in [0, 0.1) is 0 Å². The SMILES string of the molecule is Cl.Cl.[B]C(CCCC)(CCN1CCC(OCC)CC1)C(=O)O. The van der Waals surface area contributed by atoms with Gasteiger partial charge in [0.1, 0.15) is 0 Å². The van der Waals surface area contributed by atoms with Gasteiger partial charge in [0.05, 0.1) is 14.0 Å². The van der Waals surface area contributed by atoms with Gasteiger partial charge in [-0.25, -0.2) is 0 Å². The summed E-state index contributed by atoms with van der Waals surface area (Å²) in [5.41, 5.74) is 0. The monoisotopic (exact) mass is 353 g/mol. The van der Waals surface area contributed by atoms with Crippen LogP contribution in [0.15, 0.2) is 0 Å². The molecule has 0 aliphatic carbocycles. The van der Waals surface area contributed by atoms with E-state index in [1.54, 1.807) is 0 Å². The van der Waals surface area contributed by atoms with Gasteiger partial charge in [-0.2, -0.15) is 0 Å². The molecule has 1 heterocycles. The molecule has 2 radical (unpaired) electrons. The fraction of sp³-hybridized carbons (Fsp3) is 0.933. The second kappa shape index (κ2) is 12.5. The number of unbranched alkanes of at least 4 members (excludes halogenated alkanes) is 1. The van der Waals surface area contributed by atoms with E-state index in [-0.39, 0.29) is 24.8 Å². The van der Waals surface area contributed by atoms with Gasteiger partial charge in [-0.05, 0) is 39.2 Å². The first kappa shape index (κ1) is 24.3. The van der Waals surface area contributed by atoms with Crippen molar-refractivity contribution < 1.29 is 14.6 Å². The lowest BCUT2D eigenvalue weighted by atomic mass is 9.63. The van der Waals surface area contributed by atoms with Crippen molar-refractivity contribution >= 4 is 38.6 Å². The van der Waals surface area contributed by atoms with Crippen molar-refractivity contribution in [3.63, 3.8) is 0 Å². The summed E-state index contributed by atoms with van der Waals surface area (Å²) in [5, 5.41) is 8.27. The zero-order valence-corrected chi connectivity index (χ0v) is 15.4. The Bertz CT molecular complexity index is 303. The minimum atomic E-state index is -1.06. The molecule has 1 unspecified atom stereocenters. The molecule has 4 nitrogen and oxygen atoms in total. The summed E-state index contributed by atoms with van der Waals surface area (Å²) in [4.78, 5) is 13.7. The molecule has 0 aromatic carbocycles. The van der Waals surface area contributed by atoms with Gasteiger partial charge in [0.15, 0.2) is 0 Å². The third kappa shape index (κ3) is 8.05. The Morgan fingerprint density at radius 1 is 1.27 bits per heavy atom. The summed E-state index contributed by atoms with van der Waals surface area (Å²) in [6, 6.07) is 0. The molecule has 7 heteroatoms. The van der Waals surface area contributed by atoms with E-state index < -0.39 is 11.3 Å². The van der Waals surface area contributed by atoms with E-state index in [2.05, 4.69) is 11.8 Å². The molecular weight excluding hydrogens is 324 g/mol. The number of carboxylic acid groups (broad SMARTS) is 1. The van der Waals surface area contributed by atoms with E-state index in [1.807, 2.05) is 6.92 Å². The topological polar surface area (TPSA) is 49.8 Å². The maximum Gasteiger partial charge on any atom is 0.300 e. The van der Waals surface area contributed by atoms with Crippen LogP contribution in [0.1, 0.15) is 52.4 Å². The Kier molecular flexibility index (Phi) is 13.8. The van der Waals surface area contributed by atoms with E-state index >= 15 is 0 Å². The number of carbonyl (C=O) groups is 1. The third-order valence-electron chi connectivity index (χ3n) is 4.21. The Balaban J connectivity index is 0. The van der Waals surface area contributed by atoms with Gasteiger partial charge in [0.25, 0.3) is 0 Å². The summed E-state index contributed by atoms with van der Waals surface area (Å²) in [6.07, 6.45) is 5.39. The number of hydrogen-bond donors (Lipinski definition) is 1. The highest BCUT2D eigenvalue weighted by Crippen LogP contribution is 2.34. The molecule has 1 N–H and O–H groups in total. The van der Waals surface area contributed by atoms with E-state index in [1.165, 1.54) is 0 Å². The maximum atomic E-state index is 11.4. The van der Waals surface area contributed by atoms with Gasteiger partial charge in [0, 0.05) is 25.0 Å². The van der Waals surface area contributed by atoms with Gasteiger partial charge in [0.2, 0.25) is 0 Å². The van der Waals surface area contributed by atoms with Crippen molar-refractivity contribution in [2.75, 3.05) is 26.2 Å². The van der Waals surface area contributed by atoms with Crippen LogP contribution in [-0.4, -0.2) is 56.2 Å². The molecule has 1 saturated heterocycles. The van der Waals surface area contributed by atoms with Crippen LogP contribution in [0.25, 0.3) is 0 Å². The zero-order valence-electron chi connectivity index (χ0n) is 13.8. The maximum absolute atomic E-state index is 11.4. The number of carboxylic acids is 1. The summed E-state index contributed by atoms with van der Waals surface area (Å²) in [7, 11) is 6.07. The molecule has 130 valence electrons. The Labute approximate surface area is 148 Å². The summed E-state index contributed by atoms with van der Waals surface area (Å²) in [6.45, 7) is 7.58. The lowest BCUT2D eigenvalue weighted by Gasteiger charge is -2.34. The first-order valence-electron chi connectivity index (χ1n) is 7.88. The van der Waals surface area contributed by atoms with Crippen LogP contribution >= 0.6 is 24.8 Å². The third-order valence-corrected chi connectivity index (χ3v) is 4.21. The fourth-order valence-corrected chi connectivity index (χ4v) is 2.72. The number of hydrogen-bond acceptors (Lipinski definition) is 3. The predicted molar refractivity (Wildman–Crippen MR) is 95.8 cm³/mol. The number of likely N-dealkylation sites (tertiary alicyclic amines) is 1. The molecule has 1 fully saturated rings. The molecule has 22 heavy (non-hydrogen) atoms. The highest BCUT2D eigenvalue weighted by Gasteiger charge is 2.32. The smallest absolute Gasteiger partial charge is 0.300 e. The second-order valence-corrected chi connectivity index (χ2v) is 5.81. The summed E-state index contributed by atoms with van der Waals surface area (Å²) in [5.74, 6) is -0.866. The van der Waals surface area contributed by atoms with Gasteiger partial charge in [-0.15, -0.1) is 24.8 Å². The van der Waals surface area contributed by atoms with Crippen LogP contribution in [0.3, 0.4) is 0 Å². The Morgan fingerprint density at radius 3 is 2.32 bits per heavy atom. The van der Waals surface area contributed by atoms with Crippen LogP contribution in [0.5, 0.6) is 0 Å². The first-order valence-corrected chi connectivity index (χ1v) is 7.88. The molecule has 0 spiro atoms. The number of piperidine rings is 1. The zero-order chi connectivity index (χ0) is 15.0. The van der Waals surface area contributed by atoms with Crippen molar-refractivity contribution in [1.82, 2.24) is 4.90 Å². The lowest BCUT2D eigenvalue weighted by Crippen LogP contribution is -2.39. The average molecular weight is 354 g/mol. The minimum absolute atomic E-state index is 0. The molecule has 0 aromatic heterocycles. The molecule has 0 amide bonds. The highest BCUT2D eigenvalue weighted by atomic mass is 35.5. The minimum Gasteiger partial charge on any atom is -0.481 e. The lowest BCUT2D eigenvalue weighted by molar-refractivity contribution is -0.141. The number of halogens is 2. The van der Waals surface area contributed by atoms with Gasteiger partial charge in [-0.3, -0.25) is 4.79 Å². The van der Waals surface area contributed by atoms with Crippen LogP contribution < -0.4 is 0 Å². The Morgan fingerprint density at radius 2 is 1.86 bits per heavy atom. The van der Waals surface area contributed by atoms with Gasteiger partial charge >= 0.3 is 5.97 Å². The molecule has 0 bridgehead atoms. The van der Waals surface area contributed by atoms with E-state index in [9.17, 15) is 9.90 Å². The largest absolute Gasteiger partial charge is 0.481 e. The summed E-state index contributed by atoms with van der Waals surface area (Å²) >= 11 is 0. The molecule has 1 aliphatic heterocycles. The molecule has 1 rings (SSSR count). The van der Waals surface area contributed by atoms with Crippen LogP contribution in [0.2, 0.25) is 5.31 Å². The van der Waals surface area contributed by atoms with Crippen molar-refractivity contribution in [2.24, 2.45) is 0 Å². The van der Waals surface area contributed by atoms with Gasteiger partial charge < -0.3 is 14.7 Å². The molecule has 0 aromatic rings. The highest BCUT2D eigenvalue weighted by molar-refractivity contribution is 6.26. The van der Waals surface area contributed by atoms with Crippen molar-refractivity contribution in [1.29, 1.82) is 0 Å². The van der Waals surface area contributed by atoms with Crippen molar-refractivity contribution in [3.8, 4) is 0 Å². The van der Waals surface area contributed by atoms with Crippen molar-refractivity contribution in [3.05, 3.63) is 0 Å². The van der Waals surface area contributed by atoms with Crippen molar-refractivity contribution in [2.45, 2.75) is 63.8 Å². The summed E-state index contributed by atoms with van der Waals surface area (Å²) < 4.78 is 5.62. The Hall–Kier alpha value is 0.0349. The average Bonchev–Trinajstić information content (AvgIpc) is 2.44. The molecule has 0 saturated carbocycles. The quantitative estimate of drug-likeness (QED) is 0.646. The number of ether oxygens (including phenoxy) is 1. The van der Waals surface area contributed by atoms with E-state index in [0.29, 0.717) is 18.9 Å². The molecular formula is C15H30BCl2NO3. The van der Waals surface area contributed by atoms with Gasteiger partial charge in [-0.1, -0.05) is 19.8 Å². The number of nitrogens with zero attached hydrogens (tertiary/aromatic N) is 1. The number of rotatable bonds is 9. The molecule has 1 atom stereocenters. The normalized spacial score (nSPS) is 18.8. The number of aliphatic carboxylic acids is 1. The fourth-order valence-electron chi connectivity index (χ4n) is 2.72. The van der Waals surface area contributed by atoms with E-state index in [0.717, 1.165) is 51.9 Å². The van der Waals surface area contributed by atoms with E-state index in [4.69, 9.17) is 12.6 Å². The molecule has 1 aliphatic rings.